The number of ether oxygens (including phenoxy) is 3. The van der Waals surface area contributed by atoms with Gasteiger partial charge in [-0.3, -0.25) is 9.36 Å². The number of carbonyl (C=O) groups is 1. The van der Waals surface area contributed by atoms with Crippen LogP contribution >= 0.6 is 34.5 Å². The third-order valence-electron chi connectivity index (χ3n) is 6.33. The molecule has 0 bridgehead atoms. The average molecular weight is 596 g/mol. The Morgan fingerprint density at radius 1 is 1.02 bits per heavy atom. The van der Waals surface area contributed by atoms with Crippen LogP contribution in [-0.4, -0.2) is 31.4 Å². The van der Waals surface area contributed by atoms with Crippen molar-refractivity contribution in [3.05, 3.63) is 119 Å². The number of aromatic nitrogens is 1. The van der Waals surface area contributed by atoms with Gasteiger partial charge < -0.3 is 14.2 Å². The fourth-order valence-corrected chi connectivity index (χ4v) is 6.02. The van der Waals surface area contributed by atoms with Gasteiger partial charge in [-0.25, -0.2) is 9.79 Å². The quantitative estimate of drug-likeness (QED) is 0.273. The average Bonchev–Trinajstić information content (AvgIpc) is 3.27. The first-order chi connectivity index (χ1) is 19.4. The summed E-state index contributed by atoms with van der Waals surface area (Å²) in [4.78, 5) is 32.9. The van der Waals surface area contributed by atoms with Crippen molar-refractivity contribution in [2.24, 2.45) is 4.99 Å². The molecular weight excluding hydrogens is 571 g/mol. The number of hydrogen-bond acceptors (Lipinski definition) is 7. The summed E-state index contributed by atoms with van der Waals surface area (Å²) in [7, 11) is 3.06. The van der Waals surface area contributed by atoms with Gasteiger partial charge in [0.25, 0.3) is 5.56 Å². The first-order valence-corrected chi connectivity index (χ1v) is 13.9. The molecule has 0 spiro atoms. The van der Waals surface area contributed by atoms with Crippen LogP contribution in [0.25, 0.3) is 11.8 Å². The number of nitrogens with zero attached hydrogens (tertiary/aromatic N) is 2. The van der Waals surface area contributed by atoms with Gasteiger partial charge in [0.15, 0.2) is 4.80 Å². The molecule has 0 unspecified atom stereocenters. The van der Waals surface area contributed by atoms with Gasteiger partial charge in [-0.15, -0.1) is 0 Å². The third kappa shape index (κ3) is 5.18. The Morgan fingerprint density at radius 3 is 2.42 bits per heavy atom. The van der Waals surface area contributed by atoms with Crippen LogP contribution in [0.3, 0.4) is 0 Å². The number of thiazole rings is 1. The predicted molar refractivity (Wildman–Crippen MR) is 157 cm³/mol. The number of rotatable bonds is 7. The monoisotopic (exact) mass is 594 g/mol. The molecule has 1 aromatic heterocycles. The molecule has 5 rings (SSSR count). The topological polar surface area (TPSA) is 79.1 Å². The lowest BCUT2D eigenvalue weighted by Crippen LogP contribution is -2.40. The minimum Gasteiger partial charge on any atom is -0.496 e. The van der Waals surface area contributed by atoms with Gasteiger partial charge >= 0.3 is 5.97 Å². The van der Waals surface area contributed by atoms with E-state index in [0.717, 1.165) is 0 Å². The maximum Gasteiger partial charge on any atom is 0.338 e. The van der Waals surface area contributed by atoms with Gasteiger partial charge in [-0.1, -0.05) is 70.9 Å². The fourth-order valence-electron chi connectivity index (χ4n) is 4.58. The Hall–Kier alpha value is -3.85. The summed E-state index contributed by atoms with van der Waals surface area (Å²) in [6, 6.07) is 18.7. The molecule has 10 heteroatoms. The van der Waals surface area contributed by atoms with Crippen molar-refractivity contribution in [3.8, 4) is 11.5 Å². The van der Waals surface area contributed by atoms with Crippen LogP contribution in [0.1, 0.15) is 29.7 Å². The molecule has 0 radical (unpaired) electrons. The lowest BCUT2D eigenvalue weighted by atomic mass is 9.92. The van der Waals surface area contributed by atoms with E-state index in [9.17, 15) is 9.59 Å². The van der Waals surface area contributed by atoms with Crippen LogP contribution in [0.5, 0.6) is 11.5 Å². The van der Waals surface area contributed by atoms with Crippen LogP contribution < -0.4 is 24.4 Å². The molecule has 0 N–H and O–H groups in total. The van der Waals surface area contributed by atoms with Crippen molar-refractivity contribution < 1.29 is 19.0 Å². The molecule has 0 saturated heterocycles. The Bertz CT molecular complexity index is 1810. The van der Waals surface area contributed by atoms with Gasteiger partial charge in [0, 0.05) is 16.1 Å². The van der Waals surface area contributed by atoms with E-state index in [1.54, 1.807) is 49.4 Å². The van der Waals surface area contributed by atoms with Gasteiger partial charge in [0.2, 0.25) is 0 Å². The molecule has 7 nitrogen and oxygen atoms in total. The number of esters is 1. The Balaban J connectivity index is 1.85. The van der Waals surface area contributed by atoms with E-state index in [-0.39, 0.29) is 17.7 Å². The highest BCUT2D eigenvalue weighted by molar-refractivity contribution is 7.07. The molecule has 0 aliphatic carbocycles. The van der Waals surface area contributed by atoms with E-state index < -0.39 is 12.0 Å². The first kappa shape index (κ1) is 27.7. The predicted octanol–water partition coefficient (Wildman–Crippen LogP) is 5.26. The fraction of sp³-hybridized carbons (Fsp3) is 0.167. The minimum absolute atomic E-state index is 0.145. The van der Waals surface area contributed by atoms with Crippen molar-refractivity contribution in [1.29, 1.82) is 0 Å². The summed E-state index contributed by atoms with van der Waals surface area (Å²) < 4.78 is 18.3. The Labute approximate surface area is 244 Å². The van der Waals surface area contributed by atoms with Crippen molar-refractivity contribution >= 4 is 52.3 Å². The van der Waals surface area contributed by atoms with Crippen molar-refractivity contribution in [3.63, 3.8) is 0 Å². The highest BCUT2D eigenvalue weighted by atomic mass is 35.5. The normalized spacial score (nSPS) is 14.9. The number of halogens is 2. The van der Waals surface area contributed by atoms with E-state index >= 15 is 0 Å². The molecule has 1 aliphatic rings. The molecular formula is C30H24Cl2N2O5S. The Kier molecular flexibility index (Phi) is 8.12. The minimum atomic E-state index is -0.916. The van der Waals surface area contributed by atoms with E-state index in [4.69, 9.17) is 42.4 Å². The zero-order valence-electron chi connectivity index (χ0n) is 21.8. The summed E-state index contributed by atoms with van der Waals surface area (Å²) in [6.07, 6.45) is 1.73. The molecule has 1 atom stereocenters. The first-order valence-electron chi connectivity index (χ1n) is 12.3. The highest BCUT2D eigenvalue weighted by Gasteiger charge is 2.36. The lowest BCUT2D eigenvalue weighted by molar-refractivity contribution is -0.138. The summed E-state index contributed by atoms with van der Waals surface area (Å²) in [5, 5.41) is 0.841. The molecule has 3 aromatic carbocycles. The van der Waals surface area contributed by atoms with Gasteiger partial charge in [0.1, 0.15) is 17.5 Å². The van der Waals surface area contributed by atoms with E-state index in [1.807, 2.05) is 30.3 Å². The molecule has 1 aliphatic heterocycles. The summed E-state index contributed by atoms with van der Waals surface area (Å²) in [6.45, 7) is 1.87. The zero-order valence-corrected chi connectivity index (χ0v) is 24.1. The van der Waals surface area contributed by atoms with E-state index in [1.165, 1.54) is 30.1 Å². The third-order valence-corrected chi connectivity index (χ3v) is 7.85. The van der Waals surface area contributed by atoms with Crippen LogP contribution in [-0.2, 0) is 9.53 Å². The van der Waals surface area contributed by atoms with Crippen LogP contribution in [0.15, 0.2) is 82.1 Å². The number of fused-ring (bicyclic) bond motifs is 1. The molecule has 4 aromatic rings. The molecule has 0 fully saturated rings. The standard InChI is InChI=1S/C30H24Cl2N2O5S/c1-4-39-29(36)25-26(18-8-6-5-7-9-18)33-30-34(27(25)20-16-19(31)11-13-22(20)37-2)28(35)24(40-30)15-17-10-12-23(38-3)21(32)14-17/h5-16,27H,4H2,1-3H3/b24-15-/t27-/m1/s1. The maximum absolute atomic E-state index is 14.0. The summed E-state index contributed by atoms with van der Waals surface area (Å²) in [5.74, 6) is 0.398. The number of carbonyl (C=O) groups excluding carboxylic acids is 1. The molecule has 0 amide bonds. The molecule has 204 valence electrons. The second-order valence-corrected chi connectivity index (χ2v) is 10.6. The zero-order chi connectivity index (χ0) is 28.4. The summed E-state index contributed by atoms with van der Waals surface area (Å²) >= 11 is 14.0. The van der Waals surface area contributed by atoms with Gasteiger partial charge in [-0.2, -0.15) is 0 Å². The van der Waals surface area contributed by atoms with Crippen molar-refractivity contribution in [2.45, 2.75) is 13.0 Å². The number of hydrogen-bond donors (Lipinski definition) is 0. The van der Waals surface area contributed by atoms with E-state index in [0.29, 0.717) is 53.3 Å². The number of benzene rings is 3. The van der Waals surface area contributed by atoms with Crippen LogP contribution in [0, 0.1) is 0 Å². The number of methoxy groups -OCH3 is 2. The van der Waals surface area contributed by atoms with E-state index in [2.05, 4.69) is 0 Å². The molecule has 40 heavy (non-hydrogen) atoms. The highest BCUT2D eigenvalue weighted by Crippen LogP contribution is 2.39. The second kappa shape index (κ2) is 11.7. The smallest absolute Gasteiger partial charge is 0.338 e. The van der Waals surface area contributed by atoms with Crippen molar-refractivity contribution in [2.75, 3.05) is 20.8 Å². The lowest BCUT2D eigenvalue weighted by Gasteiger charge is -2.27. The second-order valence-electron chi connectivity index (χ2n) is 8.71. The van der Waals surface area contributed by atoms with Crippen LogP contribution in [0.4, 0.5) is 0 Å². The maximum atomic E-state index is 14.0. The summed E-state index contributed by atoms with van der Waals surface area (Å²) in [5.41, 5.74) is 2.22. The van der Waals surface area contributed by atoms with Crippen LogP contribution in [0.2, 0.25) is 10.0 Å². The van der Waals surface area contributed by atoms with Gasteiger partial charge in [0.05, 0.1) is 41.7 Å². The largest absolute Gasteiger partial charge is 0.496 e. The molecule has 0 saturated carbocycles. The molecule has 2 heterocycles. The van der Waals surface area contributed by atoms with Crippen molar-refractivity contribution in [1.82, 2.24) is 4.57 Å². The SMILES string of the molecule is CCOC(=O)C1=C(c2ccccc2)N=c2s/c(=C\c3ccc(OC)c(Cl)c3)c(=O)n2[C@@H]1c1cc(Cl)ccc1OC. The Morgan fingerprint density at radius 2 is 1.75 bits per heavy atom. The van der Waals surface area contributed by atoms with Gasteiger partial charge in [-0.05, 0) is 48.9 Å².